The van der Waals surface area contributed by atoms with Crippen LogP contribution in [0.1, 0.15) is 24.0 Å². The van der Waals surface area contributed by atoms with E-state index in [9.17, 15) is 28.1 Å². The van der Waals surface area contributed by atoms with Crippen molar-refractivity contribution >= 4 is 11.6 Å². The number of rotatable bonds is 5. The molecule has 0 spiro atoms. The molecule has 0 radical (unpaired) electrons. The third kappa shape index (κ3) is 4.44. The van der Waals surface area contributed by atoms with Crippen molar-refractivity contribution in [1.29, 1.82) is 0 Å². The number of nitrogens with zero attached hydrogens (tertiary/aromatic N) is 2. The molecule has 0 aromatic heterocycles. The summed E-state index contributed by atoms with van der Waals surface area (Å²) in [5.74, 6) is -0.659. The molecule has 1 aromatic rings. The van der Waals surface area contributed by atoms with E-state index in [4.69, 9.17) is 0 Å². The maximum absolute atomic E-state index is 12.2. The fourth-order valence-corrected chi connectivity index (χ4v) is 2.88. The van der Waals surface area contributed by atoms with E-state index in [0.717, 1.165) is 0 Å². The minimum absolute atomic E-state index is 0.00947. The average Bonchev–Trinajstić information content (AvgIpc) is 2.94. The van der Waals surface area contributed by atoms with Gasteiger partial charge in [-0.05, 0) is 31.9 Å². The van der Waals surface area contributed by atoms with Gasteiger partial charge in [-0.3, -0.25) is 19.8 Å². The molecular formula is C15H18F3N3O3. The molecule has 6 nitrogen and oxygen atoms in total. The average molecular weight is 345 g/mol. The van der Waals surface area contributed by atoms with E-state index in [0.29, 0.717) is 30.5 Å². The number of alkyl halides is 3. The van der Waals surface area contributed by atoms with Gasteiger partial charge < -0.3 is 5.32 Å². The van der Waals surface area contributed by atoms with Crippen LogP contribution >= 0.6 is 0 Å². The number of halogens is 3. The Morgan fingerprint density at radius 3 is 2.79 bits per heavy atom. The van der Waals surface area contributed by atoms with Gasteiger partial charge >= 0.3 is 6.18 Å². The number of carbonyl (C=O) groups excluding carboxylic acids is 1. The molecule has 24 heavy (non-hydrogen) atoms. The molecule has 1 amide bonds. The molecule has 0 bridgehead atoms. The zero-order valence-electron chi connectivity index (χ0n) is 13.1. The Bertz CT molecular complexity index is 634. The second-order valence-corrected chi connectivity index (χ2v) is 5.78. The molecule has 1 aliphatic heterocycles. The molecule has 2 rings (SSSR count). The lowest BCUT2D eigenvalue weighted by Gasteiger charge is -2.24. The van der Waals surface area contributed by atoms with E-state index in [-0.39, 0.29) is 12.2 Å². The Hall–Kier alpha value is -2.16. The number of nitro groups is 1. The third-order valence-electron chi connectivity index (χ3n) is 4.12. The largest absolute Gasteiger partial charge is 0.405 e. The van der Waals surface area contributed by atoms with Crippen molar-refractivity contribution in [2.75, 3.05) is 13.1 Å². The molecule has 1 saturated heterocycles. The van der Waals surface area contributed by atoms with Crippen LogP contribution in [-0.2, 0) is 11.3 Å². The highest BCUT2D eigenvalue weighted by Gasteiger charge is 2.34. The minimum atomic E-state index is -4.45. The van der Waals surface area contributed by atoms with Crippen molar-refractivity contribution in [1.82, 2.24) is 10.2 Å². The maximum atomic E-state index is 12.2. The first-order valence-corrected chi connectivity index (χ1v) is 7.50. The van der Waals surface area contributed by atoms with Crippen LogP contribution in [0.4, 0.5) is 18.9 Å². The van der Waals surface area contributed by atoms with Gasteiger partial charge in [0.25, 0.3) is 5.69 Å². The Morgan fingerprint density at radius 2 is 2.17 bits per heavy atom. The Labute approximate surface area is 136 Å². The molecule has 0 saturated carbocycles. The van der Waals surface area contributed by atoms with Crippen LogP contribution < -0.4 is 5.32 Å². The predicted octanol–water partition coefficient (Wildman–Crippen LogP) is 2.55. The first-order chi connectivity index (χ1) is 11.2. The highest BCUT2D eigenvalue weighted by molar-refractivity contribution is 5.82. The molecule has 1 atom stereocenters. The van der Waals surface area contributed by atoms with E-state index in [2.05, 4.69) is 0 Å². The van der Waals surface area contributed by atoms with Crippen LogP contribution in [0.5, 0.6) is 0 Å². The Morgan fingerprint density at radius 1 is 1.46 bits per heavy atom. The summed E-state index contributed by atoms with van der Waals surface area (Å²) in [5.41, 5.74) is 1.19. The molecule has 1 aliphatic rings. The quantitative estimate of drug-likeness (QED) is 0.657. The number of benzene rings is 1. The van der Waals surface area contributed by atoms with Gasteiger partial charge in [0.2, 0.25) is 5.91 Å². The molecule has 9 heteroatoms. The number of carbonyl (C=O) groups is 1. The van der Waals surface area contributed by atoms with Gasteiger partial charge in [0.05, 0.1) is 11.0 Å². The van der Waals surface area contributed by atoms with Gasteiger partial charge in [0, 0.05) is 18.2 Å². The Kier molecular flexibility index (Phi) is 5.43. The van der Waals surface area contributed by atoms with E-state index >= 15 is 0 Å². The minimum Gasteiger partial charge on any atom is -0.346 e. The fourth-order valence-electron chi connectivity index (χ4n) is 2.88. The summed E-state index contributed by atoms with van der Waals surface area (Å²) in [4.78, 5) is 24.3. The number of hydrogen-bond donors (Lipinski definition) is 1. The number of nitro benzene ring substituents is 1. The summed E-state index contributed by atoms with van der Waals surface area (Å²) in [6.45, 7) is 1.12. The maximum Gasteiger partial charge on any atom is 0.405 e. The predicted molar refractivity (Wildman–Crippen MR) is 80.3 cm³/mol. The summed E-state index contributed by atoms with van der Waals surface area (Å²) >= 11 is 0. The van der Waals surface area contributed by atoms with Gasteiger partial charge in [-0.15, -0.1) is 0 Å². The van der Waals surface area contributed by atoms with Crippen molar-refractivity contribution in [3.05, 3.63) is 39.4 Å². The summed E-state index contributed by atoms with van der Waals surface area (Å²) in [6.07, 6.45) is -3.29. The van der Waals surface area contributed by atoms with Crippen LogP contribution in [0.15, 0.2) is 18.2 Å². The molecule has 0 aliphatic carbocycles. The van der Waals surface area contributed by atoms with Crippen LogP contribution in [0, 0.1) is 17.0 Å². The SMILES string of the molecule is Cc1c(CN2CCCC2C(=O)NCC(F)(F)F)cccc1[N+](=O)[O-]. The molecule has 1 heterocycles. The summed E-state index contributed by atoms with van der Waals surface area (Å²) < 4.78 is 36.7. The van der Waals surface area contributed by atoms with E-state index < -0.39 is 29.6 Å². The molecule has 1 aromatic carbocycles. The van der Waals surface area contributed by atoms with E-state index in [1.165, 1.54) is 6.07 Å². The van der Waals surface area contributed by atoms with Crippen molar-refractivity contribution in [3.63, 3.8) is 0 Å². The van der Waals surface area contributed by atoms with E-state index in [1.54, 1.807) is 24.0 Å². The van der Waals surface area contributed by atoms with Crippen molar-refractivity contribution in [2.45, 2.75) is 38.5 Å². The standard InChI is InChI=1S/C15H18F3N3O3/c1-10-11(4-2-5-12(10)21(23)24)8-20-7-3-6-13(20)14(22)19-9-15(16,17)18/h2,4-5,13H,3,6-9H2,1H3,(H,19,22). The second kappa shape index (κ2) is 7.16. The van der Waals surface area contributed by atoms with Crippen molar-refractivity contribution in [3.8, 4) is 0 Å². The van der Waals surface area contributed by atoms with Crippen LogP contribution in [0.2, 0.25) is 0 Å². The number of likely N-dealkylation sites (tertiary alicyclic amines) is 1. The second-order valence-electron chi connectivity index (χ2n) is 5.78. The summed E-state index contributed by atoms with van der Waals surface area (Å²) in [7, 11) is 0. The Balaban J connectivity index is 2.08. The molecule has 132 valence electrons. The first-order valence-electron chi connectivity index (χ1n) is 7.50. The monoisotopic (exact) mass is 345 g/mol. The van der Waals surface area contributed by atoms with Crippen LogP contribution in [-0.4, -0.2) is 41.0 Å². The lowest BCUT2D eigenvalue weighted by molar-refractivity contribution is -0.385. The highest BCUT2D eigenvalue weighted by Crippen LogP contribution is 2.26. The fraction of sp³-hybridized carbons (Fsp3) is 0.533. The van der Waals surface area contributed by atoms with Crippen LogP contribution in [0.3, 0.4) is 0 Å². The summed E-state index contributed by atoms with van der Waals surface area (Å²) in [6, 6.07) is 4.04. The van der Waals surface area contributed by atoms with Gasteiger partial charge in [0.1, 0.15) is 6.54 Å². The van der Waals surface area contributed by atoms with Crippen molar-refractivity contribution in [2.24, 2.45) is 0 Å². The number of hydrogen-bond acceptors (Lipinski definition) is 4. The van der Waals surface area contributed by atoms with E-state index in [1.807, 2.05) is 5.32 Å². The third-order valence-corrected chi connectivity index (χ3v) is 4.12. The smallest absolute Gasteiger partial charge is 0.346 e. The van der Waals surface area contributed by atoms with Gasteiger partial charge in [0.15, 0.2) is 0 Å². The first kappa shape index (κ1) is 18.2. The van der Waals surface area contributed by atoms with Gasteiger partial charge in [-0.1, -0.05) is 12.1 Å². The summed E-state index contributed by atoms with van der Waals surface area (Å²) in [5, 5.41) is 12.9. The van der Waals surface area contributed by atoms with Crippen LogP contribution in [0.25, 0.3) is 0 Å². The lowest BCUT2D eigenvalue weighted by atomic mass is 10.1. The lowest BCUT2D eigenvalue weighted by Crippen LogP contribution is -2.45. The molecule has 1 N–H and O–H groups in total. The topological polar surface area (TPSA) is 75.5 Å². The van der Waals surface area contributed by atoms with Gasteiger partial charge in [-0.25, -0.2) is 0 Å². The normalized spacial score (nSPS) is 18.6. The van der Waals surface area contributed by atoms with Gasteiger partial charge in [-0.2, -0.15) is 13.2 Å². The zero-order valence-corrected chi connectivity index (χ0v) is 13.1. The molecule has 1 unspecified atom stereocenters. The zero-order chi connectivity index (χ0) is 17.9. The number of nitrogens with one attached hydrogen (secondary N) is 1. The molecular weight excluding hydrogens is 327 g/mol. The number of amides is 1. The van der Waals surface area contributed by atoms with Crippen molar-refractivity contribution < 1.29 is 22.9 Å². The highest BCUT2D eigenvalue weighted by atomic mass is 19.4. The molecule has 1 fully saturated rings.